The number of aliphatic imine (C=N–C) groups is 1. The molecule has 1 aliphatic heterocycles. The Bertz CT molecular complexity index is 262. The monoisotopic (exact) mass is 165 g/mol. The minimum Gasteiger partial charge on any atom is -0.314 e. The first-order valence-corrected chi connectivity index (χ1v) is 4.38. The van der Waals surface area contributed by atoms with Crippen molar-refractivity contribution in [2.24, 2.45) is 4.99 Å². The molecule has 1 unspecified atom stereocenters. The highest BCUT2D eigenvalue weighted by atomic mass is 15.1. The second-order valence-electron chi connectivity index (χ2n) is 2.55. The summed E-state index contributed by atoms with van der Waals surface area (Å²) in [5.41, 5.74) is 1.26. The van der Waals surface area contributed by atoms with E-state index >= 15 is 0 Å². The Morgan fingerprint density at radius 3 is 2.92 bits per heavy atom. The lowest BCUT2D eigenvalue weighted by Gasteiger charge is -2.13. The summed E-state index contributed by atoms with van der Waals surface area (Å²) in [6.07, 6.45) is 5.69. The average molecular weight is 165 g/mol. The molecule has 0 bridgehead atoms. The predicted octanol–water partition coefficient (Wildman–Crippen LogP) is 2.05. The largest absolute Gasteiger partial charge is 0.314 e. The van der Waals surface area contributed by atoms with E-state index in [1.54, 1.807) is 0 Å². The Hall–Kier alpha value is -1.12. The average Bonchev–Trinajstić information content (AvgIpc) is 2.57. The van der Waals surface area contributed by atoms with Gasteiger partial charge in [0.1, 0.15) is 6.67 Å². The van der Waals surface area contributed by atoms with E-state index in [4.69, 9.17) is 0 Å². The number of imidazole rings is 1. The molecule has 0 aliphatic carbocycles. The van der Waals surface area contributed by atoms with Crippen LogP contribution in [0, 0.1) is 0 Å². The molecule has 3 heteroatoms. The second kappa shape index (κ2) is 4.04. The van der Waals surface area contributed by atoms with Crippen molar-refractivity contribution in [2.75, 3.05) is 0 Å². The number of nitrogens with zero attached hydrogens (tertiary/aromatic N) is 3. The Balaban J connectivity index is 0.000000336. The molecule has 12 heavy (non-hydrogen) atoms. The first kappa shape index (κ1) is 8.97. The number of rotatable bonds is 0. The molecule has 1 aliphatic rings. The van der Waals surface area contributed by atoms with Gasteiger partial charge in [-0.05, 0) is 0 Å². The van der Waals surface area contributed by atoms with Crippen LogP contribution >= 0.6 is 0 Å². The molecule has 0 fully saturated rings. The van der Waals surface area contributed by atoms with Gasteiger partial charge in [-0.3, -0.25) is 4.99 Å². The van der Waals surface area contributed by atoms with Crippen LogP contribution in [-0.4, -0.2) is 15.8 Å². The highest BCUT2D eigenvalue weighted by Gasteiger charge is 2.10. The zero-order valence-corrected chi connectivity index (χ0v) is 7.86. The van der Waals surface area contributed by atoms with Crippen molar-refractivity contribution in [1.82, 2.24) is 9.55 Å². The van der Waals surface area contributed by atoms with E-state index in [1.807, 2.05) is 32.6 Å². The van der Waals surface area contributed by atoms with Crippen LogP contribution < -0.4 is 0 Å². The summed E-state index contributed by atoms with van der Waals surface area (Å²) in [7, 11) is 0. The van der Waals surface area contributed by atoms with Gasteiger partial charge in [-0.1, -0.05) is 20.8 Å². The van der Waals surface area contributed by atoms with Crippen LogP contribution in [0.5, 0.6) is 0 Å². The van der Waals surface area contributed by atoms with Gasteiger partial charge in [-0.2, -0.15) is 0 Å². The van der Waals surface area contributed by atoms with Crippen LogP contribution in [0.2, 0.25) is 0 Å². The predicted molar refractivity (Wildman–Crippen MR) is 50.5 cm³/mol. The molecular weight excluding hydrogens is 150 g/mol. The lowest BCUT2D eigenvalue weighted by Crippen LogP contribution is -2.10. The molecule has 3 nitrogen and oxygen atoms in total. The highest BCUT2D eigenvalue weighted by molar-refractivity contribution is 5.67. The Kier molecular flexibility index (Phi) is 3.02. The third-order valence-corrected chi connectivity index (χ3v) is 1.77. The lowest BCUT2D eigenvalue weighted by atomic mass is 10.1. The molecule has 0 saturated carbocycles. The third kappa shape index (κ3) is 1.55. The normalized spacial score (nSPS) is 19.4. The fraction of sp³-hybridized carbons (Fsp3) is 0.556. The summed E-state index contributed by atoms with van der Waals surface area (Å²) >= 11 is 0. The molecule has 2 heterocycles. The van der Waals surface area contributed by atoms with Crippen LogP contribution in [0.25, 0.3) is 0 Å². The number of hydrogen-bond acceptors (Lipinski definition) is 2. The van der Waals surface area contributed by atoms with Gasteiger partial charge < -0.3 is 4.57 Å². The van der Waals surface area contributed by atoms with Crippen LogP contribution in [0.1, 0.15) is 32.4 Å². The summed E-state index contributed by atoms with van der Waals surface area (Å²) in [6.45, 7) is 6.86. The van der Waals surface area contributed by atoms with Gasteiger partial charge in [0.05, 0.1) is 6.33 Å². The van der Waals surface area contributed by atoms with Crippen molar-refractivity contribution < 1.29 is 0 Å². The fourth-order valence-electron chi connectivity index (χ4n) is 1.20. The van der Waals surface area contributed by atoms with Crippen LogP contribution in [0.4, 0.5) is 0 Å². The fourth-order valence-corrected chi connectivity index (χ4v) is 1.20. The molecule has 0 saturated heterocycles. The van der Waals surface area contributed by atoms with Crippen molar-refractivity contribution in [3.63, 3.8) is 0 Å². The molecule has 0 aromatic carbocycles. The van der Waals surface area contributed by atoms with Gasteiger partial charge in [-0.25, -0.2) is 4.98 Å². The van der Waals surface area contributed by atoms with E-state index in [2.05, 4.69) is 21.5 Å². The Morgan fingerprint density at radius 2 is 2.25 bits per heavy atom. The molecule has 2 rings (SSSR count). The van der Waals surface area contributed by atoms with E-state index in [1.165, 1.54) is 5.69 Å². The zero-order chi connectivity index (χ0) is 8.97. The number of fused-ring (bicyclic) bond motifs is 1. The zero-order valence-electron chi connectivity index (χ0n) is 7.86. The SMILES string of the molecule is CC.CC1C=NCn2cncc21. The summed E-state index contributed by atoms with van der Waals surface area (Å²) < 4.78 is 2.06. The van der Waals surface area contributed by atoms with Gasteiger partial charge in [0.25, 0.3) is 0 Å². The molecule has 66 valence electrons. The number of hydrogen-bond donors (Lipinski definition) is 0. The van der Waals surface area contributed by atoms with Crippen molar-refractivity contribution in [3.05, 3.63) is 18.2 Å². The molecule has 0 amide bonds. The van der Waals surface area contributed by atoms with E-state index in [-0.39, 0.29) is 0 Å². The smallest absolute Gasteiger partial charge is 0.115 e. The maximum atomic E-state index is 4.17. The maximum absolute atomic E-state index is 4.17. The summed E-state index contributed by atoms with van der Waals surface area (Å²) in [5, 5.41) is 0. The quantitative estimate of drug-likeness (QED) is 0.578. The van der Waals surface area contributed by atoms with Crippen LogP contribution in [0.3, 0.4) is 0 Å². The standard InChI is InChI=1S/C7H9N3.C2H6/c1-6-2-8-4-10-5-9-3-7(6)10;1-2/h2-3,5-6H,4H2,1H3;1-2H3. The molecule has 1 aromatic rings. The van der Waals surface area contributed by atoms with Gasteiger partial charge in [0.15, 0.2) is 0 Å². The van der Waals surface area contributed by atoms with E-state index in [9.17, 15) is 0 Å². The lowest BCUT2D eigenvalue weighted by molar-refractivity contribution is 0.660. The molecule has 1 aromatic heterocycles. The van der Waals surface area contributed by atoms with Gasteiger partial charge in [0, 0.05) is 24.0 Å². The molecule has 1 atom stereocenters. The van der Waals surface area contributed by atoms with E-state index in [0.717, 1.165) is 6.67 Å². The van der Waals surface area contributed by atoms with Gasteiger partial charge in [-0.15, -0.1) is 0 Å². The summed E-state index contributed by atoms with van der Waals surface area (Å²) in [4.78, 5) is 8.21. The second-order valence-corrected chi connectivity index (χ2v) is 2.55. The highest BCUT2D eigenvalue weighted by Crippen LogP contribution is 2.15. The Morgan fingerprint density at radius 1 is 1.50 bits per heavy atom. The number of aromatic nitrogens is 2. The van der Waals surface area contributed by atoms with E-state index in [0.29, 0.717) is 5.92 Å². The van der Waals surface area contributed by atoms with Gasteiger partial charge >= 0.3 is 0 Å². The minimum absolute atomic E-state index is 0.427. The first-order valence-electron chi connectivity index (χ1n) is 4.38. The van der Waals surface area contributed by atoms with Crippen molar-refractivity contribution in [3.8, 4) is 0 Å². The van der Waals surface area contributed by atoms with Crippen LogP contribution in [-0.2, 0) is 6.67 Å². The van der Waals surface area contributed by atoms with Gasteiger partial charge in [0.2, 0.25) is 0 Å². The minimum atomic E-state index is 0.427. The van der Waals surface area contributed by atoms with Crippen molar-refractivity contribution in [2.45, 2.75) is 33.4 Å². The molecule has 0 N–H and O–H groups in total. The Labute approximate surface area is 73.2 Å². The van der Waals surface area contributed by atoms with E-state index < -0.39 is 0 Å². The van der Waals surface area contributed by atoms with Crippen LogP contribution in [0.15, 0.2) is 17.5 Å². The topological polar surface area (TPSA) is 30.2 Å². The van der Waals surface area contributed by atoms with Crippen molar-refractivity contribution in [1.29, 1.82) is 0 Å². The third-order valence-electron chi connectivity index (χ3n) is 1.77. The first-order chi connectivity index (χ1) is 5.88. The van der Waals surface area contributed by atoms with Crippen molar-refractivity contribution >= 4 is 6.21 Å². The molecule has 0 radical (unpaired) electrons. The molecule has 0 spiro atoms. The maximum Gasteiger partial charge on any atom is 0.115 e. The molecular formula is C9H15N3. The summed E-state index contributed by atoms with van der Waals surface area (Å²) in [6, 6.07) is 0. The summed E-state index contributed by atoms with van der Waals surface area (Å²) in [5.74, 6) is 0.427.